The summed E-state index contributed by atoms with van der Waals surface area (Å²) in [4.78, 5) is 1.95. The number of rotatable bonds is 8. The highest BCUT2D eigenvalue weighted by Gasteiger charge is 2.37. The Balaban J connectivity index is 3.28. The lowest BCUT2D eigenvalue weighted by atomic mass is 10.3. The Kier molecular flexibility index (Phi) is 7.65. The van der Waals surface area contributed by atoms with Crippen LogP contribution in [0.15, 0.2) is 0 Å². The van der Waals surface area contributed by atoms with Crippen molar-refractivity contribution in [2.24, 2.45) is 0 Å². The predicted molar refractivity (Wildman–Crippen MR) is 54.3 cm³/mol. The van der Waals surface area contributed by atoms with E-state index in [-0.39, 0.29) is 0 Å². The second-order valence-electron chi connectivity index (χ2n) is 3.68. The van der Waals surface area contributed by atoms with Crippen molar-refractivity contribution in [1.29, 1.82) is 0 Å². The maximum absolute atomic E-state index is 11.8. The minimum Gasteiger partial charge on any atom is -0.382 e. The number of alkyl halides is 3. The molecule has 0 heterocycles. The first-order valence-corrected chi connectivity index (χ1v) is 5.02. The Labute approximate surface area is 93.4 Å². The van der Waals surface area contributed by atoms with Crippen molar-refractivity contribution in [2.75, 3.05) is 46.9 Å². The van der Waals surface area contributed by atoms with Gasteiger partial charge in [0.05, 0.1) is 13.2 Å². The third-order valence-electron chi connectivity index (χ3n) is 1.82. The summed E-state index contributed by atoms with van der Waals surface area (Å²) in [7, 11) is 3.81. The maximum atomic E-state index is 11.8. The lowest BCUT2D eigenvalue weighted by Crippen LogP contribution is -2.39. The van der Waals surface area contributed by atoms with E-state index in [2.05, 4.69) is 5.32 Å². The zero-order valence-corrected chi connectivity index (χ0v) is 9.55. The van der Waals surface area contributed by atoms with Gasteiger partial charge in [-0.15, -0.1) is 0 Å². The van der Waals surface area contributed by atoms with E-state index in [1.165, 1.54) is 0 Å². The molecule has 0 aromatic carbocycles. The molecule has 2 N–H and O–H groups in total. The molecule has 0 aliphatic carbocycles. The topological polar surface area (TPSA) is 44.7 Å². The van der Waals surface area contributed by atoms with Crippen LogP contribution in [0.5, 0.6) is 0 Å². The van der Waals surface area contributed by atoms with Gasteiger partial charge >= 0.3 is 6.18 Å². The molecule has 0 amide bonds. The summed E-state index contributed by atoms with van der Waals surface area (Å²) in [5, 5.41) is 11.1. The van der Waals surface area contributed by atoms with E-state index >= 15 is 0 Å². The molecule has 7 heteroatoms. The zero-order chi connectivity index (χ0) is 12.6. The average Bonchev–Trinajstić information content (AvgIpc) is 2.14. The van der Waals surface area contributed by atoms with E-state index in [1.807, 2.05) is 19.0 Å². The molecule has 0 aromatic rings. The molecule has 0 aliphatic heterocycles. The number of aliphatic hydroxyl groups is 1. The third kappa shape index (κ3) is 8.90. The molecule has 0 bridgehead atoms. The molecule has 0 rings (SSSR count). The molecule has 0 fully saturated rings. The summed E-state index contributed by atoms with van der Waals surface area (Å²) in [5.41, 5.74) is 0. The molecule has 16 heavy (non-hydrogen) atoms. The first-order valence-electron chi connectivity index (χ1n) is 5.02. The molecule has 0 aromatic heterocycles. The van der Waals surface area contributed by atoms with Crippen LogP contribution < -0.4 is 5.32 Å². The van der Waals surface area contributed by atoms with Crippen molar-refractivity contribution in [3.8, 4) is 0 Å². The standard InChI is InChI=1S/C9H19F3N2O2/c1-14(2)4-6-16-5-3-13-7-8(15)9(10,11)12/h8,13,15H,3-7H2,1-2H3. The van der Waals surface area contributed by atoms with Crippen LogP contribution in [0.1, 0.15) is 0 Å². The monoisotopic (exact) mass is 244 g/mol. The molecule has 4 nitrogen and oxygen atoms in total. The van der Waals surface area contributed by atoms with Crippen LogP contribution in [0.4, 0.5) is 13.2 Å². The largest absolute Gasteiger partial charge is 0.415 e. The maximum Gasteiger partial charge on any atom is 0.415 e. The Hall–Kier alpha value is -0.370. The van der Waals surface area contributed by atoms with Gasteiger partial charge in [0, 0.05) is 19.6 Å². The minimum atomic E-state index is -4.56. The molecular formula is C9H19F3N2O2. The van der Waals surface area contributed by atoms with Gasteiger partial charge in [0.15, 0.2) is 6.10 Å². The number of likely N-dealkylation sites (N-methyl/N-ethyl adjacent to an activating group) is 1. The second kappa shape index (κ2) is 7.83. The molecule has 98 valence electrons. The highest BCUT2D eigenvalue weighted by molar-refractivity contribution is 4.67. The summed E-state index contributed by atoms with van der Waals surface area (Å²) in [6.07, 6.45) is -6.87. The summed E-state index contributed by atoms with van der Waals surface area (Å²) >= 11 is 0. The molecule has 0 aliphatic rings. The van der Waals surface area contributed by atoms with Gasteiger partial charge in [0.1, 0.15) is 0 Å². The highest BCUT2D eigenvalue weighted by atomic mass is 19.4. The van der Waals surface area contributed by atoms with Gasteiger partial charge in [-0.05, 0) is 14.1 Å². The highest BCUT2D eigenvalue weighted by Crippen LogP contribution is 2.18. The van der Waals surface area contributed by atoms with E-state index in [0.717, 1.165) is 6.54 Å². The summed E-state index contributed by atoms with van der Waals surface area (Å²) in [5.74, 6) is 0. The van der Waals surface area contributed by atoms with E-state index in [1.54, 1.807) is 0 Å². The quantitative estimate of drug-likeness (QED) is 0.593. The number of ether oxygens (including phenoxy) is 1. The number of hydrogen-bond donors (Lipinski definition) is 2. The molecule has 0 saturated heterocycles. The van der Waals surface area contributed by atoms with Crippen LogP contribution in [0.25, 0.3) is 0 Å². The van der Waals surface area contributed by atoms with Crippen LogP contribution in [0, 0.1) is 0 Å². The van der Waals surface area contributed by atoms with Crippen LogP contribution in [0.2, 0.25) is 0 Å². The van der Waals surface area contributed by atoms with E-state index in [9.17, 15) is 13.2 Å². The molecule has 0 radical (unpaired) electrons. The number of nitrogens with zero attached hydrogens (tertiary/aromatic N) is 1. The summed E-state index contributed by atoms with van der Waals surface area (Å²) in [6.45, 7) is 1.43. The minimum absolute atomic E-state index is 0.292. The van der Waals surface area contributed by atoms with Gasteiger partial charge in [-0.1, -0.05) is 0 Å². The lowest BCUT2D eigenvalue weighted by molar-refractivity contribution is -0.201. The molecule has 0 saturated carbocycles. The summed E-state index contributed by atoms with van der Waals surface area (Å²) in [6, 6.07) is 0. The fourth-order valence-corrected chi connectivity index (χ4v) is 0.848. The molecular weight excluding hydrogens is 225 g/mol. The fourth-order valence-electron chi connectivity index (χ4n) is 0.848. The predicted octanol–water partition coefficient (Wildman–Crippen LogP) is 0.0774. The smallest absolute Gasteiger partial charge is 0.382 e. The van der Waals surface area contributed by atoms with Gasteiger partial charge in [0.25, 0.3) is 0 Å². The fraction of sp³-hybridized carbons (Fsp3) is 1.00. The normalized spacial score (nSPS) is 14.4. The van der Waals surface area contributed by atoms with Gasteiger partial charge in [-0.2, -0.15) is 13.2 Å². The third-order valence-corrected chi connectivity index (χ3v) is 1.82. The van der Waals surface area contributed by atoms with Crippen LogP contribution in [-0.4, -0.2) is 69.2 Å². The molecule has 1 unspecified atom stereocenters. The number of hydrogen-bond acceptors (Lipinski definition) is 4. The lowest BCUT2D eigenvalue weighted by Gasteiger charge is -2.15. The van der Waals surface area contributed by atoms with Gasteiger partial charge < -0.3 is 20.1 Å². The van der Waals surface area contributed by atoms with Crippen LogP contribution in [-0.2, 0) is 4.74 Å². The molecule has 0 spiro atoms. The van der Waals surface area contributed by atoms with Crippen LogP contribution in [0.3, 0.4) is 0 Å². The summed E-state index contributed by atoms with van der Waals surface area (Å²) < 4.78 is 40.7. The Morgan fingerprint density at radius 1 is 1.31 bits per heavy atom. The van der Waals surface area contributed by atoms with Crippen molar-refractivity contribution >= 4 is 0 Å². The van der Waals surface area contributed by atoms with Gasteiger partial charge in [-0.25, -0.2) is 0 Å². The number of nitrogens with one attached hydrogen (secondary N) is 1. The van der Waals surface area contributed by atoms with Crippen molar-refractivity contribution in [2.45, 2.75) is 12.3 Å². The average molecular weight is 244 g/mol. The SMILES string of the molecule is CN(C)CCOCCNCC(O)C(F)(F)F. The second-order valence-corrected chi connectivity index (χ2v) is 3.68. The Morgan fingerprint density at radius 2 is 1.94 bits per heavy atom. The number of halogens is 3. The first kappa shape index (κ1) is 15.6. The van der Waals surface area contributed by atoms with Gasteiger partial charge in [0.2, 0.25) is 0 Å². The van der Waals surface area contributed by atoms with Crippen molar-refractivity contribution < 1.29 is 23.0 Å². The Morgan fingerprint density at radius 3 is 2.44 bits per heavy atom. The van der Waals surface area contributed by atoms with Crippen molar-refractivity contribution in [1.82, 2.24) is 10.2 Å². The van der Waals surface area contributed by atoms with Crippen LogP contribution >= 0.6 is 0 Å². The van der Waals surface area contributed by atoms with E-state index in [0.29, 0.717) is 19.8 Å². The van der Waals surface area contributed by atoms with Crippen molar-refractivity contribution in [3.63, 3.8) is 0 Å². The Bertz CT molecular complexity index is 177. The van der Waals surface area contributed by atoms with E-state index in [4.69, 9.17) is 9.84 Å². The van der Waals surface area contributed by atoms with Gasteiger partial charge in [-0.3, -0.25) is 0 Å². The van der Waals surface area contributed by atoms with E-state index < -0.39 is 18.8 Å². The van der Waals surface area contributed by atoms with Crippen molar-refractivity contribution in [3.05, 3.63) is 0 Å². The zero-order valence-electron chi connectivity index (χ0n) is 9.55. The first-order chi connectivity index (χ1) is 7.34. The number of aliphatic hydroxyl groups excluding tert-OH is 1. The molecule has 1 atom stereocenters.